The second kappa shape index (κ2) is 7.88. The molecule has 1 aliphatic heterocycles. The summed E-state index contributed by atoms with van der Waals surface area (Å²) in [7, 11) is 1.62. The number of hydrogen-bond acceptors (Lipinski definition) is 3. The van der Waals surface area contributed by atoms with Crippen molar-refractivity contribution in [3.63, 3.8) is 0 Å². The van der Waals surface area contributed by atoms with E-state index in [1.54, 1.807) is 19.2 Å². The van der Waals surface area contributed by atoms with Gasteiger partial charge in [0.1, 0.15) is 5.82 Å². The third kappa shape index (κ3) is 4.41. The molecule has 2 aromatic rings. The molecular formula is C19H21FN2O3. The summed E-state index contributed by atoms with van der Waals surface area (Å²) in [5.41, 5.74) is 1.80. The molecule has 1 atom stereocenters. The van der Waals surface area contributed by atoms with Gasteiger partial charge in [-0.3, -0.25) is 0 Å². The summed E-state index contributed by atoms with van der Waals surface area (Å²) in [6.07, 6.45) is 0.816. The molecule has 2 amide bonds. The molecule has 6 heteroatoms. The number of ether oxygens (including phenoxy) is 2. The first-order chi connectivity index (χ1) is 12.2. The van der Waals surface area contributed by atoms with Gasteiger partial charge >= 0.3 is 6.03 Å². The molecule has 0 aliphatic carbocycles. The topological polar surface area (TPSA) is 59.6 Å². The fraction of sp³-hybridized carbons (Fsp3) is 0.316. The molecule has 5 nitrogen and oxygen atoms in total. The Hall–Kier alpha value is -2.76. The van der Waals surface area contributed by atoms with Crippen LogP contribution < -0.4 is 20.1 Å². The summed E-state index contributed by atoms with van der Waals surface area (Å²) < 4.78 is 24.2. The highest BCUT2D eigenvalue weighted by molar-refractivity contribution is 5.73. The number of fused-ring (bicyclic) bond motifs is 1. The maximum atomic E-state index is 13.1. The number of carbonyl (C=O) groups excluding carboxylic acids is 1. The number of urea groups is 1. The van der Waals surface area contributed by atoms with Gasteiger partial charge < -0.3 is 20.1 Å². The highest BCUT2D eigenvalue weighted by Crippen LogP contribution is 2.35. The van der Waals surface area contributed by atoms with Gasteiger partial charge in [0.2, 0.25) is 0 Å². The number of methoxy groups -OCH3 is 1. The van der Waals surface area contributed by atoms with Crippen LogP contribution in [0.3, 0.4) is 0 Å². The normalized spacial score (nSPS) is 15.7. The van der Waals surface area contributed by atoms with Crippen molar-refractivity contribution in [3.8, 4) is 11.5 Å². The molecule has 0 radical (unpaired) electrons. The van der Waals surface area contributed by atoms with E-state index in [-0.39, 0.29) is 24.3 Å². The van der Waals surface area contributed by atoms with Crippen molar-refractivity contribution in [2.45, 2.75) is 13.0 Å². The number of hydrogen-bond donors (Lipinski definition) is 2. The van der Waals surface area contributed by atoms with Crippen LogP contribution >= 0.6 is 0 Å². The van der Waals surface area contributed by atoms with Gasteiger partial charge in [0, 0.05) is 19.0 Å². The molecule has 1 heterocycles. The monoisotopic (exact) mass is 344 g/mol. The number of benzene rings is 2. The Morgan fingerprint density at radius 3 is 2.92 bits per heavy atom. The third-order valence-corrected chi connectivity index (χ3v) is 4.15. The van der Waals surface area contributed by atoms with Crippen molar-refractivity contribution in [3.05, 3.63) is 59.4 Å². The predicted molar refractivity (Wildman–Crippen MR) is 92.3 cm³/mol. The zero-order chi connectivity index (χ0) is 17.6. The minimum Gasteiger partial charge on any atom is -0.493 e. The fourth-order valence-corrected chi connectivity index (χ4v) is 2.88. The number of amides is 2. The molecule has 0 spiro atoms. The van der Waals surface area contributed by atoms with Crippen molar-refractivity contribution in [1.29, 1.82) is 0 Å². The van der Waals surface area contributed by atoms with E-state index in [0.717, 1.165) is 29.0 Å². The SMILES string of the molecule is COc1cccc2c1OCC(CNC(=O)NCc1cccc(F)c1)C2. The molecule has 0 saturated heterocycles. The summed E-state index contributed by atoms with van der Waals surface area (Å²) in [4.78, 5) is 11.9. The largest absolute Gasteiger partial charge is 0.493 e. The van der Waals surface area contributed by atoms with Crippen LogP contribution in [0.1, 0.15) is 11.1 Å². The average molecular weight is 344 g/mol. The van der Waals surface area contributed by atoms with Gasteiger partial charge in [-0.05, 0) is 35.7 Å². The Balaban J connectivity index is 1.46. The quantitative estimate of drug-likeness (QED) is 0.877. The van der Waals surface area contributed by atoms with Gasteiger partial charge in [-0.25, -0.2) is 9.18 Å². The van der Waals surface area contributed by atoms with Crippen LogP contribution in [0.2, 0.25) is 0 Å². The number of halogens is 1. The van der Waals surface area contributed by atoms with Crippen molar-refractivity contribution >= 4 is 6.03 Å². The molecule has 2 N–H and O–H groups in total. The van der Waals surface area contributed by atoms with E-state index in [9.17, 15) is 9.18 Å². The molecule has 132 valence electrons. The standard InChI is InChI=1S/C19H21FN2O3/c1-24-17-7-3-5-15-8-14(12-25-18(15)17)11-22-19(23)21-10-13-4-2-6-16(20)9-13/h2-7,9,14H,8,10-12H2,1H3,(H2,21,22,23). The molecule has 1 aliphatic rings. The zero-order valence-corrected chi connectivity index (χ0v) is 14.0. The van der Waals surface area contributed by atoms with Gasteiger partial charge in [-0.15, -0.1) is 0 Å². The minimum atomic E-state index is -0.312. The van der Waals surface area contributed by atoms with Crippen molar-refractivity contribution < 1.29 is 18.7 Å². The molecule has 2 aromatic carbocycles. The lowest BCUT2D eigenvalue weighted by molar-refractivity contribution is 0.204. The van der Waals surface area contributed by atoms with E-state index in [4.69, 9.17) is 9.47 Å². The highest BCUT2D eigenvalue weighted by atomic mass is 19.1. The van der Waals surface area contributed by atoms with Crippen LogP contribution in [0.15, 0.2) is 42.5 Å². The average Bonchev–Trinajstić information content (AvgIpc) is 2.64. The summed E-state index contributed by atoms with van der Waals surface area (Å²) in [5.74, 6) is 1.40. The molecule has 0 aromatic heterocycles. The van der Waals surface area contributed by atoms with Crippen molar-refractivity contribution in [1.82, 2.24) is 10.6 Å². The lowest BCUT2D eigenvalue weighted by Gasteiger charge is -2.26. The smallest absolute Gasteiger partial charge is 0.315 e. The Kier molecular flexibility index (Phi) is 5.38. The maximum absolute atomic E-state index is 13.1. The van der Waals surface area contributed by atoms with Crippen LogP contribution in [0.4, 0.5) is 9.18 Å². The maximum Gasteiger partial charge on any atom is 0.315 e. The van der Waals surface area contributed by atoms with Crippen LogP contribution in [0.25, 0.3) is 0 Å². The van der Waals surface area contributed by atoms with E-state index in [1.165, 1.54) is 12.1 Å². The van der Waals surface area contributed by atoms with E-state index >= 15 is 0 Å². The van der Waals surface area contributed by atoms with Crippen LogP contribution in [0.5, 0.6) is 11.5 Å². The lowest BCUT2D eigenvalue weighted by atomic mass is 9.96. The minimum absolute atomic E-state index is 0.194. The molecule has 0 bridgehead atoms. The van der Waals surface area contributed by atoms with Crippen molar-refractivity contribution in [2.24, 2.45) is 5.92 Å². The molecular weight excluding hydrogens is 323 g/mol. The summed E-state index contributed by atoms with van der Waals surface area (Å²) in [6.45, 7) is 1.31. The van der Waals surface area contributed by atoms with Crippen molar-refractivity contribution in [2.75, 3.05) is 20.3 Å². The lowest BCUT2D eigenvalue weighted by Crippen LogP contribution is -2.40. The van der Waals surface area contributed by atoms with Gasteiger partial charge in [-0.1, -0.05) is 24.3 Å². The Labute approximate surface area is 146 Å². The Bertz CT molecular complexity index is 751. The van der Waals surface area contributed by atoms with Gasteiger partial charge in [0.15, 0.2) is 11.5 Å². The molecule has 1 unspecified atom stereocenters. The highest BCUT2D eigenvalue weighted by Gasteiger charge is 2.22. The van der Waals surface area contributed by atoms with E-state index in [2.05, 4.69) is 10.6 Å². The molecule has 0 saturated carbocycles. The number of nitrogens with one attached hydrogen (secondary N) is 2. The number of carbonyl (C=O) groups is 1. The van der Waals surface area contributed by atoms with Crippen LogP contribution in [0, 0.1) is 11.7 Å². The summed E-state index contributed by atoms with van der Waals surface area (Å²) in [5, 5.41) is 5.57. The predicted octanol–water partition coefficient (Wildman–Crippen LogP) is 2.88. The zero-order valence-electron chi connectivity index (χ0n) is 14.0. The first-order valence-electron chi connectivity index (χ1n) is 8.20. The number of rotatable bonds is 5. The van der Waals surface area contributed by atoms with Gasteiger partial charge in [0.05, 0.1) is 13.7 Å². The Morgan fingerprint density at radius 1 is 1.28 bits per heavy atom. The number of para-hydroxylation sites is 1. The van der Waals surface area contributed by atoms with E-state index in [0.29, 0.717) is 13.2 Å². The third-order valence-electron chi connectivity index (χ3n) is 4.15. The van der Waals surface area contributed by atoms with E-state index < -0.39 is 0 Å². The second-order valence-electron chi connectivity index (χ2n) is 6.02. The first-order valence-corrected chi connectivity index (χ1v) is 8.20. The van der Waals surface area contributed by atoms with Gasteiger partial charge in [0.25, 0.3) is 0 Å². The van der Waals surface area contributed by atoms with Gasteiger partial charge in [-0.2, -0.15) is 0 Å². The second-order valence-corrected chi connectivity index (χ2v) is 6.02. The first kappa shape index (κ1) is 17.1. The van der Waals surface area contributed by atoms with Crippen LogP contribution in [-0.4, -0.2) is 26.3 Å². The molecule has 0 fully saturated rings. The summed E-state index contributed by atoms with van der Waals surface area (Å²) >= 11 is 0. The Morgan fingerprint density at radius 2 is 2.12 bits per heavy atom. The van der Waals surface area contributed by atoms with Crippen LogP contribution in [-0.2, 0) is 13.0 Å². The van der Waals surface area contributed by atoms with E-state index in [1.807, 2.05) is 18.2 Å². The fourth-order valence-electron chi connectivity index (χ4n) is 2.88. The summed E-state index contributed by atoms with van der Waals surface area (Å²) in [6, 6.07) is 11.7. The molecule has 3 rings (SSSR count). The molecule has 25 heavy (non-hydrogen) atoms.